The molecule has 1 amide bonds. The molecule has 1 aliphatic heterocycles. The number of hydrogen-bond donors (Lipinski definition) is 0. The molecule has 0 radical (unpaired) electrons. The first kappa shape index (κ1) is 15.7. The summed E-state index contributed by atoms with van der Waals surface area (Å²) >= 11 is 0. The minimum Gasteiger partial charge on any atom is -0.374 e. The average molecular weight is 314 g/mol. The van der Waals surface area contributed by atoms with E-state index in [9.17, 15) is 4.79 Å². The molecule has 1 saturated heterocycles. The number of amides is 1. The molecule has 0 unspecified atom stereocenters. The van der Waals surface area contributed by atoms with Crippen LogP contribution in [0, 0.1) is 5.41 Å². The monoisotopic (exact) mass is 314 g/mol. The first-order valence-corrected chi connectivity index (χ1v) is 7.81. The standard InChI is InChI=1S/C17H22N4O2/c1-17(2,3)15-10-20(8-9-23-15)16(22)13-4-6-14(7-5-13)21-11-18-19-12-21/h4-7,11-12,15H,8-10H2,1-3H3/t15-/m1/s1. The minimum atomic E-state index is 0.0250. The normalized spacial score (nSPS) is 18.9. The Morgan fingerprint density at radius 3 is 2.43 bits per heavy atom. The second-order valence-electron chi connectivity index (χ2n) is 6.89. The van der Waals surface area contributed by atoms with Gasteiger partial charge in [0.25, 0.3) is 5.91 Å². The molecule has 1 aromatic carbocycles. The third-order valence-corrected chi connectivity index (χ3v) is 4.15. The topological polar surface area (TPSA) is 60.2 Å². The Hall–Kier alpha value is -2.21. The lowest BCUT2D eigenvalue weighted by molar-refractivity contribution is -0.0706. The summed E-state index contributed by atoms with van der Waals surface area (Å²) < 4.78 is 7.62. The van der Waals surface area contributed by atoms with Gasteiger partial charge in [-0.3, -0.25) is 9.36 Å². The van der Waals surface area contributed by atoms with E-state index in [0.29, 0.717) is 25.3 Å². The number of nitrogens with zero attached hydrogens (tertiary/aromatic N) is 4. The van der Waals surface area contributed by atoms with Gasteiger partial charge in [0.2, 0.25) is 0 Å². The molecule has 0 spiro atoms. The summed E-state index contributed by atoms with van der Waals surface area (Å²) in [4.78, 5) is 14.6. The average Bonchev–Trinajstić information content (AvgIpc) is 3.08. The number of benzene rings is 1. The van der Waals surface area contributed by atoms with E-state index in [1.165, 1.54) is 0 Å². The van der Waals surface area contributed by atoms with Crippen molar-refractivity contribution in [2.24, 2.45) is 5.41 Å². The van der Waals surface area contributed by atoms with Crippen LogP contribution in [-0.2, 0) is 4.74 Å². The van der Waals surface area contributed by atoms with Crippen LogP contribution in [-0.4, -0.2) is 51.4 Å². The fraction of sp³-hybridized carbons (Fsp3) is 0.471. The van der Waals surface area contributed by atoms with Crippen molar-refractivity contribution in [2.45, 2.75) is 26.9 Å². The Morgan fingerprint density at radius 1 is 1.17 bits per heavy atom. The molecule has 6 heteroatoms. The zero-order valence-corrected chi connectivity index (χ0v) is 13.8. The quantitative estimate of drug-likeness (QED) is 0.852. The molecule has 2 heterocycles. The summed E-state index contributed by atoms with van der Waals surface area (Å²) in [5.41, 5.74) is 1.65. The second kappa shape index (κ2) is 6.12. The highest BCUT2D eigenvalue weighted by molar-refractivity contribution is 5.94. The van der Waals surface area contributed by atoms with Gasteiger partial charge >= 0.3 is 0 Å². The summed E-state index contributed by atoms with van der Waals surface area (Å²) in [6.45, 7) is 8.28. The van der Waals surface area contributed by atoms with Gasteiger partial charge in [-0.05, 0) is 29.7 Å². The number of rotatable bonds is 2. The minimum absolute atomic E-state index is 0.0250. The lowest BCUT2D eigenvalue weighted by atomic mass is 9.88. The molecular weight excluding hydrogens is 292 g/mol. The zero-order chi connectivity index (χ0) is 16.4. The molecule has 0 saturated carbocycles. The van der Waals surface area contributed by atoms with Crippen molar-refractivity contribution in [1.29, 1.82) is 0 Å². The molecule has 0 bridgehead atoms. The molecule has 23 heavy (non-hydrogen) atoms. The predicted molar refractivity (Wildman–Crippen MR) is 86.5 cm³/mol. The first-order chi connectivity index (χ1) is 10.9. The van der Waals surface area contributed by atoms with E-state index in [1.807, 2.05) is 29.2 Å². The number of carbonyl (C=O) groups is 1. The predicted octanol–water partition coefficient (Wildman–Crippen LogP) is 2.15. The number of aromatic nitrogens is 3. The summed E-state index contributed by atoms with van der Waals surface area (Å²) in [5, 5.41) is 7.57. The highest BCUT2D eigenvalue weighted by Gasteiger charge is 2.32. The highest BCUT2D eigenvalue weighted by Crippen LogP contribution is 2.26. The zero-order valence-electron chi connectivity index (χ0n) is 13.8. The summed E-state index contributed by atoms with van der Waals surface area (Å²) in [7, 11) is 0. The van der Waals surface area contributed by atoms with Crippen LogP contribution in [0.15, 0.2) is 36.9 Å². The molecule has 3 rings (SSSR count). The van der Waals surface area contributed by atoms with Crippen LogP contribution in [0.25, 0.3) is 5.69 Å². The van der Waals surface area contributed by atoms with Crippen LogP contribution in [0.4, 0.5) is 0 Å². The maximum absolute atomic E-state index is 12.7. The van der Waals surface area contributed by atoms with Crippen molar-refractivity contribution in [2.75, 3.05) is 19.7 Å². The molecule has 1 atom stereocenters. The second-order valence-corrected chi connectivity index (χ2v) is 6.89. The Labute approximate surface area is 136 Å². The first-order valence-electron chi connectivity index (χ1n) is 7.81. The fourth-order valence-corrected chi connectivity index (χ4v) is 2.65. The number of carbonyl (C=O) groups excluding carboxylic acids is 1. The van der Waals surface area contributed by atoms with Crippen molar-refractivity contribution in [3.05, 3.63) is 42.5 Å². The van der Waals surface area contributed by atoms with Gasteiger partial charge < -0.3 is 9.64 Å². The molecule has 1 fully saturated rings. The highest BCUT2D eigenvalue weighted by atomic mass is 16.5. The summed E-state index contributed by atoms with van der Waals surface area (Å²) in [5.74, 6) is 0.0536. The number of morpholine rings is 1. The summed E-state index contributed by atoms with van der Waals surface area (Å²) in [6.07, 6.45) is 3.33. The molecule has 122 valence electrons. The lowest BCUT2D eigenvalue weighted by Crippen LogP contribution is -2.50. The molecular formula is C17H22N4O2. The van der Waals surface area contributed by atoms with Crippen molar-refractivity contribution in [1.82, 2.24) is 19.7 Å². The van der Waals surface area contributed by atoms with E-state index in [2.05, 4.69) is 31.0 Å². The number of ether oxygens (including phenoxy) is 1. The van der Waals surface area contributed by atoms with Gasteiger partial charge in [0.05, 0.1) is 12.7 Å². The van der Waals surface area contributed by atoms with E-state index in [-0.39, 0.29) is 17.4 Å². The third-order valence-electron chi connectivity index (χ3n) is 4.15. The maximum Gasteiger partial charge on any atom is 0.254 e. The van der Waals surface area contributed by atoms with Gasteiger partial charge in [0, 0.05) is 24.3 Å². The van der Waals surface area contributed by atoms with Crippen LogP contribution in [0.1, 0.15) is 31.1 Å². The Kier molecular flexibility index (Phi) is 4.17. The maximum atomic E-state index is 12.7. The fourth-order valence-electron chi connectivity index (χ4n) is 2.65. The van der Waals surface area contributed by atoms with Crippen molar-refractivity contribution in [3.8, 4) is 5.69 Å². The molecule has 2 aromatic rings. The van der Waals surface area contributed by atoms with Gasteiger partial charge in [0.15, 0.2) is 0 Å². The largest absolute Gasteiger partial charge is 0.374 e. The van der Waals surface area contributed by atoms with E-state index in [1.54, 1.807) is 17.2 Å². The number of hydrogen-bond acceptors (Lipinski definition) is 4. The van der Waals surface area contributed by atoms with Crippen LogP contribution < -0.4 is 0 Å². The van der Waals surface area contributed by atoms with Gasteiger partial charge in [-0.25, -0.2) is 0 Å². The molecule has 0 aliphatic carbocycles. The van der Waals surface area contributed by atoms with Gasteiger partial charge in [-0.2, -0.15) is 0 Å². The van der Waals surface area contributed by atoms with Crippen LogP contribution in [0.5, 0.6) is 0 Å². The smallest absolute Gasteiger partial charge is 0.254 e. The van der Waals surface area contributed by atoms with Gasteiger partial charge in [-0.1, -0.05) is 20.8 Å². The van der Waals surface area contributed by atoms with Crippen LogP contribution in [0.2, 0.25) is 0 Å². The summed E-state index contributed by atoms with van der Waals surface area (Å²) in [6, 6.07) is 7.50. The van der Waals surface area contributed by atoms with E-state index in [4.69, 9.17) is 4.74 Å². The SMILES string of the molecule is CC(C)(C)[C@H]1CN(C(=O)c2ccc(-n3cnnc3)cc2)CCO1. The van der Waals surface area contributed by atoms with Gasteiger partial charge in [0.1, 0.15) is 12.7 Å². The molecule has 0 N–H and O–H groups in total. The molecule has 1 aromatic heterocycles. The van der Waals surface area contributed by atoms with E-state index < -0.39 is 0 Å². The Bertz CT molecular complexity index is 659. The van der Waals surface area contributed by atoms with E-state index >= 15 is 0 Å². The van der Waals surface area contributed by atoms with Gasteiger partial charge in [-0.15, -0.1) is 10.2 Å². The molecule has 1 aliphatic rings. The Balaban J connectivity index is 1.72. The lowest BCUT2D eigenvalue weighted by Gasteiger charge is -2.39. The van der Waals surface area contributed by atoms with Crippen molar-refractivity contribution < 1.29 is 9.53 Å². The van der Waals surface area contributed by atoms with Crippen molar-refractivity contribution >= 4 is 5.91 Å². The van der Waals surface area contributed by atoms with Crippen LogP contribution >= 0.6 is 0 Å². The molecule has 6 nitrogen and oxygen atoms in total. The Morgan fingerprint density at radius 2 is 1.83 bits per heavy atom. The van der Waals surface area contributed by atoms with E-state index in [0.717, 1.165) is 5.69 Å². The van der Waals surface area contributed by atoms with Crippen molar-refractivity contribution in [3.63, 3.8) is 0 Å². The van der Waals surface area contributed by atoms with Crippen LogP contribution in [0.3, 0.4) is 0 Å². The third kappa shape index (κ3) is 3.42.